The number of hydrogen-bond acceptors (Lipinski definition) is 3. The first kappa shape index (κ1) is 22.5. The number of nitrogens with zero attached hydrogens (tertiary/aromatic N) is 2. The molecule has 1 aromatic carbocycles. The van der Waals surface area contributed by atoms with Gasteiger partial charge < -0.3 is 10.2 Å². The van der Waals surface area contributed by atoms with E-state index in [1.54, 1.807) is 0 Å². The highest BCUT2D eigenvalue weighted by atomic mass is 16.2. The maximum absolute atomic E-state index is 12.7. The van der Waals surface area contributed by atoms with E-state index in [-0.39, 0.29) is 17.7 Å². The molecule has 1 aromatic rings. The van der Waals surface area contributed by atoms with Crippen LogP contribution in [0, 0.1) is 5.92 Å². The van der Waals surface area contributed by atoms with Crippen LogP contribution >= 0.6 is 0 Å². The van der Waals surface area contributed by atoms with Gasteiger partial charge in [0.2, 0.25) is 11.8 Å². The Labute approximate surface area is 181 Å². The molecule has 0 aliphatic carbocycles. The molecule has 0 atom stereocenters. The van der Waals surface area contributed by atoms with E-state index in [0.717, 1.165) is 51.7 Å². The maximum Gasteiger partial charge on any atom is 0.223 e. The summed E-state index contributed by atoms with van der Waals surface area (Å²) in [4.78, 5) is 29.6. The number of benzene rings is 1. The van der Waals surface area contributed by atoms with Gasteiger partial charge in [-0.15, -0.1) is 0 Å². The lowest BCUT2D eigenvalue weighted by atomic mass is 9.94. The fourth-order valence-corrected chi connectivity index (χ4v) is 4.34. The van der Waals surface area contributed by atoms with Gasteiger partial charge in [-0.25, -0.2) is 0 Å². The number of amides is 2. The molecule has 1 N–H and O–H groups in total. The van der Waals surface area contributed by atoms with E-state index in [0.29, 0.717) is 25.6 Å². The summed E-state index contributed by atoms with van der Waals surface area (Å²) in [6, 6.07) is 10.4. The highest BCUT2D eigenvalue weighted by Crippen LogP contribution is 2.20. The van der Waals surface area contributed by atoms with Gasteiger partial charge in [0.25, 0.3) is 0 Å². The lowest BCUT2D eigenvalue weighted by Crippen LogP contribution is -2.48. The number of hydrogen-bond donors (Lipinski definition) is 1. The van der Waals surface area contributed by atoms with E-state index >= 15 is 0 Å². The Kier molecular flexibility index (Phi) is 8.50. The zero-order valence-corrected chi connectivity index (χ0v) is 18.6. The summed E-state index contributed by atoms with van der Waals surface area (Å²) in [6.45, 7) is 8.77. The van der Waals surface area contributed by atoms with Crippen molar-refractivity contribution in [3.05, 3.63) is 47.5 Å². The predicted octanol–water partition coefficient (Wildman–Crippen LogP) is 3.40. The Morgan fingerprint density at radius 1 is 1.00 bits per heavy atom. The van der Waals surface area contributed by atoms with Crippen LogP contribution < -0.4 is 5.32 Å². The maximum atomic E-state index is 12.7. The molecule has 0 saturated carbocycles. The quantitative estimate of drug-likeness (QED) is 0.700. The lowest BCUT2D eigenvalue weighted by Gasteiger charge is -2.35. The summed E-state index contributed by atoms with van der Waals surface area (Å²) in [6.07, 6.45) is 7.22. The van der Waals surface area contributed by atoms with Gasteiger partial charge in [-0.3, -0.25) is 14.5 Å². The van der Waals surface area contributed by atoms with Crippen molar-refractivity contribution < 1.29 is 9.59 Å². The molecule has 2 aliphatic heterocycles. The molecule has 2 fully saturated rings. The molecule has 2 aliphatic rings. The highest BCUT2D eigenvalue weighted by molar-refractivity contribution is 5.80. The summed E-state index contributed by atoms with van der Waals surface area (Å²) in [5.74, 6) is 0.447. The summed E-state index contributed by atoms with van der Waals surface area (Å²) >= 11 is 0. The van der Waals surface area contributed by atoms with Crippen LogP contribution in [0.3, 0.4) is 0 Å². The number of aryl methyl sites for hydroxylation is 1. The van der Waals surface area contributed by atoms with E-state index in [1.165, 1.54) is 11.1 Å². The second-order valence-corrected chi connectivity index (χ2v) is 9.01. The van der Waals surface area contributed by atoms with Gasteiger partial charge in [-0.1, -0.05) is 42.0 Å². The molecule has 2 heterocycles. The molecule has 5 heteroatoms. The second kappa shape index (κ2) is 11.3. The number of rotatable bonds is 7. The normalized spacial score (nSPS) is 18.8. The van der Waals surface area contributed by atoms with Crippen molar-refractivity contribution in [1.29, 1.82) is 0 Å². The molecule has 3 rings (SSSR count). The van der Waals surface area contributed by atoms with Crippen molar-refractivity contribution >= 4 is 11.8 Å². The van der Waals surface area contributed by atoms with Crippen LogP contribution in [0.15, 0.2) is 42.0 Å². The van der Waals surface area contributed by atoms with Gasteiger partial charge in [0.15, 0.2) is 0 Å². The molecular weight excluding hydrogens is 374 g/mol. The Balaban J connectivity index is 1.34. The number of likely N-dealkylation sites (tertiary alicyclic amines) is 2. The van der Waals surface area contributed by atoms with Crippen LogP contribution in [0.5, 0.6) is 0 Å². The minimum Gasteiger partial charge on any atom is -0.353 e. The summed E-state index contributed by atoms with van der Waals surface area (Å²) in [5, 5.41) is 3.28. The van der Waals surface area contributed by atoms with E-state index in [4.69, 9.17) is 0 Å². The first-order valence-corrected chi connectivity index (χ1v) is 11.5. The molecule has 0 bridgehead atoms. The monoisotopic (exact) mass is 411 g/mol. The number of allylic oxidation sites excluding steroid dienone is 1. The lowest BCUT2D eigenvalue weighted by molar-refractivity contribution is -0.135. The van der Waals surface area contributed by atoms with Gasteiger partial charge in [0.05, 0.1) is 0 Å². The molecule has 0 aromatic heterocycles. The van der Waals surface area contributed by atoms with E-state index in [2.05, 4.69) is 42.3 Å². The molecular formula is C25H37N3O2. The third-order valence-electron chi connectivity index (χ3n) is 6.38. The molecule has 164 valence electrons. The SMILES string of the molecule is CC(C)=CCN1CCC(NC(=O)C2CCN(C(=O)CCc3ccccc3)CC2)CC1. The Morgan fingerprint density at radius 2 is 1.67 bits per heavy atom. The van der Waals surface area contributed by atoms with Crippen molar-refractivity contribution in [3.8, 4) is 0 Å². The third kappa shape index (κ3) is 6.98. The molecule has 2 amide bonds. The van der Waals surface area contributed by atoms with Gasteiger partial charge in [-0.2, -0.15) is 0 Å². The average Bonchev–Trinajstić information content (AvgIpc) is 2.77. The van der Waals surface area contributed by atoms with Gasteiger partial charge in [-0.05, 0) is 51.5 Å². The first-order chi connectivity index (χ1) is 14.5. The van der Waals surface area contributed by atoms with Crippen LogP contribution in [0.25, 0.3) is 0 Å². The Bertz CT molecular complexity index is 711. The number of nitrogens with one attached hydrogen (secondary N) is 1. The van der Waals surface area contributed by atoms with Crippen LogP contribution in [0.4, 0.5) is 0 Å². The average molecular weight is 412 g/mol. The Morgan fingerprint density at radius 3 is 2.30 bits per heavy atom. The third-order valence-corrected chi connectivity index (χ3v) is 6.38. The van der Waals surface area contributed by atoms with E-state index in [9.17, 15) is 9.59 Å². The van der Waals surface area contributed by atoms with Crippen LogP contribution in [-0.4, -0.2) is 60.4 Å². The summed E-state index contributed by atoms with van der Waals surface area (Å²) < 4.78 is 0. The molecule has 5 nitrogen and oxygen atoms in total. The second-order valence-electron chi connectivity index (χ2n) is 9.01. The molecule has 0 radical (unpaired) electrons. The van der Waals surface area contributed by atoms with Crippen molar-refractivity contribution in [3.63, 3.8) is 0 Å². The minimum atomic E-state index is 0.0480. The minimum absolute atomic E-state index is 0.0480. The van der Waals surface area contributed by atoms with Crippen LogP contribution in [0.2, 0.25) is 0 Å². The largest absolute Gasteiger partial charge is 0.353 e. The highest BCUT2D eigenvalue weighted by Gasteiger charge is 2.29. The van der Waals surface area contributed by atoms with Crippen molar-refractivity contribution in [2.24, 2.45) is 5.92 Å². The van der Waals surface area contributed by atoms with Crippen molar-refractivity contribution in [1.82, 2.24) is 15.1 Å². The summed E-state index contributed by atoms with van der Waals surface area (Å²) in [7, 11) is 0. The zero-order chi connectivity index (χ0) is 21.3. The number of carbonyl (C=O) groups is 2. The summed E-state index contributed by atoms with van der Waals surface area (Å²) in [5.41, 5.74) is 2.56. The molecule has 30 heavy (non-hydrogen) atoms. The van der Waals surface area contributed by atoms with Crippen molar-refractivity contribution in [2.45, 2.75) is 58.4 Å². The van der Waals surface area contributed by atoms with Crippen LogP contribution in [0.1, 0.15) is 51.5 Å². The molecule has 0 spiro atoms. The predicted molar refractivity (Wildman–Crippen MR) is 121 cm³/mol. The van der Waals surface area contributed by atoms with Crippen LogP contribution in [-0.2, 0) is 16.0 Å². The van der Waals surface area contributed by atoms with Crippen molar-refractivity contribution in [2.75, 3.05) is 32.7 Å². The standard InChI is InChI=1S/C25H37N3O2/c1-20(2)10-15-27-16-13-23(14-17-27)26-25(30)22-11-18-28(19-12-22)24(29)9-8-21-6-4-3-5-7-21/h3-7,10,22-23H,8-9,11-19H2,1-2H3,(H,26,30). The number of carbonyl (C=O) groups excluding carboxylic acids is 2. The number of piperidine rings is 2. The molecule has 2 saturated heterocycles. The Hall–Kier alpha value is -2.14. The topological polar surface area (TPSA) is 52.7 Å². The van der Waals surface area contributed by atoms with Gasteiger partial charge in [0.1, 0.15) is 0 Å². The van der Waals surface area contributed by atoms with E-state index in [1.807, 2.05) is 23.1 Å². The fourth-order valence-electron chi connectivity index (χ4n) is 4.34. The fraction of sp³-hybridized carbons (Fsp3) is 0.600. The van der Waals surface area contributed by atoms with E-state index < -0.39 is 0 Å². The van der Waals surface area contributed by atoms with Gasteiger partial charge in [0, 0.05) is 51.1 Å². The first-order valence-electron chi connectivity index (χ1n) is 11.5. The molecule has 0 unspecified atom stereocenters. The zero-order valence-electron chi connectivity index (χ0n) is 18.6. The smallest absolute Gasteiger partial charge is 0.223 e. The van der Waals surface area contributed by atoms with Gasteiger partial charge >= 0.3 is 0 Å².